The molecule has 2 unspecified atom stereocenters. The van der Waals surface area contributed by atoms with E-state index in [2.05, 4.69) is 37.8 Å². The quantitative estimate of drug-likeness (QED) is 0.0793. The van der Waals surface area contributed by atoms with Crippen LogP contribution in [0.15, 0.2) is 60.3 Å². The monoisotopic (exact) mass is 837 g/mol. The van der Waals surface area contributed by atoms with Gasteiger partial charge in [0.05, 0.1) is 39.8 Å². The highest BCUT2D eigenvalue weighted by molar-refractivity contribution is 7.92. The highest BCUT2D eigenvalue weighted by atomic mass is 35.5. The summed E-state index contributed by atoms with van der Waals surface area (Å²) < 4.78 is 89.7. The lowest BCUT2D eigenvalue weighted by molar-refractivity contribution is -0.123. The molecule has 3 heterocycles. The minimum absolute atomic E-state index is 0.0371. The summed E-state index contributed by atoms with van der Waals surface area (Å²) in [7, 11) is -2.30. The van der Waals surface area contributed by atoms with E-state index in [1.807, 2.05) is 0 Å². The Kier molecular flexibility index (Phi) is 10.0. The molecule has 7 rings (SSSR count). The first-order valence-corrected chi connectivity index (χ1v) is 19.7. The largest absolute Gasteiger partial charge is 0.476 e. The predicted octanol–water partition coefficient (Wildman–Crippen LogP) is 5.59. The molecule has 300 valence electrons. The Hall–Kier alpha value is -5.99. The first-order valence-electron chi connectivity index (χ1n) is 17.4. The van der Waals surface area contributed by atoms with Crippen molar-refractivity contribution in [2.75, 3.05) is 11.0 Å². The van der Waals surface area contributed by atoms with Gasteiger partial charge in [-0.25, -0.2) is 27.0 Å². The molecule has 0 saturated carbocycles. The minimum atomic E-state index is -3.83. The lowest BCUT2D eigenvalue weighted by Gasteiger charge is -2.23. The summed E-state index contributed by atoms with van der Waals surface area (Å²) in [6.07, 6.45) is 3.07. The maximum atomic E-state index is 15.9. The van der Waals surface area contributed by atoms with Crippen LogP contribution >= 0.6 is 11.6 Å². The third-order valence-corrected chi connectivity index (χ3v) is 10.3. The molecule has 0 aliphatic heterocycles. The van der Waals surface area contributed by atoms with Crippen LogP contribution in [0.3, 0.4) is 0 Å². The van der Waals surface area contributed by atoms with Gasteiger partial charge in [0.25, 0.3) is 5.92 Å². The van der Waals surface area contributed by atoms with Crippen LogP contribution in [-0.4, -0.2) is 66.9 Å². The molecule has 4 N–H and O–H groups in total. The number of carboxylic acids is 1. The van der Waals surface area contributed by atoms with Crippen molar-refractivity contribution in [1.29, 1.82) is 0 Å². The molecule has 0 spiro atoms. The molecule has 58 heavy (non-hydrogen) atoms. The van der Waals surface area contributed by atoms with E-state index >= 15 is 8.78 Å². The van der Waals surface area contributed by atoms with Crippen LogP contribution in [0.2, 0.25) is 5.02 Å². The normalized spacial score (nSPS) is 17.1. The Morgan fingerprint density at radius 2 is 1.78 bits per heavy atom. The Balaban J connectivity index is 1.39. The van der Waals surface area contributed by atoms with Crippen LogP contribution in [0, 0.1) is 29.4 Å². The van der Waals surface area contributed by atoms with E-state index in [0.717, 1.165) is 24.5 Å². The molecule has 5 aromatic rings. The van der Waals surface area contributed by atoms with Crippen molar-refractivity contribution in [3.8, 4) is 23.0 Å². The number of rotatable bonds is 10. The number of amides is 1. The topological polar surface area (TPSA) is 181 Å². The number of alkyl halides is 2. The number of aliphatic hydroxyl groups is 1. The number of sulfonamides is 1. The van der Waals surface area contributed by atoms with E-state index in [0.29, 0.717) is 21.8 Å². The van der Waals surface area contributed by atoms with Gasteiger partial charge < -0.3 is 15.5 Å². The van der Waals surface area contributed by atoms with E-state index < -0.39 is 80.9 Å². The second-order valence-corrected chi connectivity index (χ2v) is 16.6. The van der Waals surface area contributed by atoms with Crippen LogP contribution in [0.4, 0.5) is 23.4 Å². The number of aromatic carboxylic acids is 1. The number of halogens is 5. The standard InChI is InChI=1S/C39H32ClF4N7O6S/c1-38(2,55)13-12-22-8-9-23(24-10-11-27(40)31-34(24)50(3)48-36(31)49-58(4,56)57)32(45-22)28(16-19-14-20(41)17-21(42)15-19)46-29(52)18-51-35-30(33(47-51)37(53)54)25-6-5-7-26(25)39(35,43)44/h6-11,14-15,17,25-26,28,55H,16,18H2,1-4H3,(H,46,52)(H,48,49)(H,53,54)/t25?,26?,28-/m0/s1. The average molecular weight is 838 g/mol. The number of carbonyl (C=O) groups is 2. The molecular formula is C39H32ClF4N7O6S. The van der Waals surface area contributed by atoms with Gasteiger partial charge in [-0.1, -0.05) is 23.6 Å². The van der Waals surface area contributed by atoms with Crippen LogP contribution in [-0.2, 0) is 40.8 Å². The van der Waals surface area contributed by atoms with Crippen molar-refractivity contribution in [3.05, 3.63) is 111 Å². The van der Waals surface area contributed by atoms with Crippen molar-refractivity contribution in [1.82, 2.24) is 29.9 Å². The Bertz CT molecular complexity index is 2800. The number of nitrogens with zero attached hydrogens (tertiary/aromatic N) is 5. The van der Waals surface area contributed by atoms with Gasteiger partial charge in [-0.15, -0.1) is 5.73 Å². The number of aryl methyl sites for hydroxylation is 1. The molecule has 2 aliphatic rings. The molecule has 0 radical (unpaired) electrons. The number of carboxylic acid groups (broad SMARTS) is 1. The van der Waals surface area contributed by atoms with Gasteiger partial charge in [0.2, 0.25) is 15.9 Å². The van der Waals surface area contributed by atoms with Crippen molar-refractivity contribution in [3.63, 3.8) is 0 Å². The zero-order valence-electron chi connectivity index (χ0n) is 30.9. The maximum Gasteiger partial charge on any atom is 0.356 e. The number of aromatic nitrogens is 5. The first-order chi connectivity index (χ1) is 27.1. The van der Waals surface area contributed by atoms with Gasteiger partial charge in [-0.05, 0) is 74.2 Å². The molecule has 3 atom stereocenters. The summed E-state index contributed by atoms with van der Waals surface area (Å²) in [5.74, 6) is -5.13. The van der Waals surface area contributed by atoms with Gasteiger partial charge in [0.1, 0.15) is 35.2 Å². The lowest BCUT2D eigenvalue weighted by Crippen LogP contribution is -2.35. The Labute approximate surface area is 333 Å². The molecule has 0 fully saturated rings. The summed E-state index contributed by atoms with van der Waals surface area (Å²) in [6.45, 7) is 1.99. The molecule has 3 aromatic heterocycles. The maximum absolute atomic E-state index is 15.9. The molecule has 0 bridgehead atoms. The molecule has 2 aliphatic carbocycles. The number of allylic oxidation sites excluding steroid dienone is 1. The molecule has 19 heteroatoms. The van der Waals surface area contributed by atoms with E-state index in [4.69, 9.17) is 16.6 Å². The van der Waals surface area contributed by atoms with Crippen molar-refractivity contribution < 1.29 is 45.8 Å². The second kappa shape index (κ2) is 14.4. The van der Waals surface area contributed by atoms with Gasteiger partial charge >= 0.3 is 5.97 Å². The summed E-state index contributed by atoms with van der Waals surface area (Å²) in [5.41, 5.74) is 0.642. The van der Waals surface area contributed by atoms with Crippen LogP contribution in [0.5, 0.6) is 0 Å². The number of hydrogen-bond donors (Lipinski definition) is 4. The number of nitrogens with one attached hydrogen (secondary N) is 2. The third-order valence-electron chi connectivity index (χ3n) is 9.45. The van der Waals surface area contributed by atoms with Gasteiger partial charge in [0, 0.05) is 35.7 Å². The fourth-order valence-corrected chi connectivity index (χ4v) is 8.03. The molecular weight excluding hydrogens is 806 g/mol. The molecule has 2 aromatic carbocycles. The fraction of sp³-hybridized carbons (Fsp3) is 0.282. The summed E-state index contributed by atoms with van der Waals surface area (Å²) in [6, 6.07) is 7.55. The zero-order chi connectivity index (χ0) is 42.1. The number of pyridine rings is 1. The van der Waals surface area contributed by atoms with Gasteiger partial charge in [-0.2, -0.15) is 19.0 Å². The Morgan fingerprint density at radius 1 is 1.09 bits per heavy atom. The third kappa shape index (κ3) is 7.69. The molecule has 0 saturated heterocycles. The highest BCUT2D eigenvalue weighted by Crippen LogP contribution is 2.56. The number of hydrogen-bond acceptors (Lipinski definition) is 8. The van der Waals surface area contributed by atoms with Crippen LogP contribution in [0.25, 0.3) is 22.0 Å². The SMILES string of the molecule is Cn1nc(NS(C)(=O)=O)c2c(Cl)ccc(-c3ccc(C#CC(C)(C)O)nc3[C@H](Cc3cc(F)cc(F)c3)NC(=O)Cn3nc(C(=O)O)c4c3C(F)(F)C3C=C=CC43)c21. The van der Waals surface area contributed by atoms with Gasteiger partial charge in [0.15, 0.2) is 11.5 Å². The number of benzene rings is 2. The predicted molar refractivity (Wildman–Crippen MR) is 204 cm³/mol. The summed E-state index contributed by atoms with van der Waals surface area (Å²) in [4.78, 5) is 31.0. The minimum Gasteiger partial charge on any atom is -0.476 e. The molecule has 13 nitrogen and oxygen atoms in total. The van der Waals surface area contributed by atoms with E-state index in [9.17, 15) is 37.0 Å². The second-order valence-electron chi connectivity index (χ2n) is 14.5. The molecule has 1 amide bonds. The van der Waals surface area contributed by atoms with Crippen LogP contribution < -0.4 is 10.0 Å². The van der Waals surface area contributed by atoms with Crippen molar-refractivity contribution >= 4 is 50.2 Å². The van der Waals surface area contributed by atoms with E-state index in [1.54, 1.807) is 12.1 Å². The lowest BCUT2D eigenvalue weighted by atomic mass is 9.93. The number of carbonyl (C=O) groups excluding carboxylic acids is 1. The smallest absolute Gasteiger partial charge is 0.356 e. The summed E-state index contributed by atoms with van der Waals surface area (Å²) in [5, 5.41) is 31.5. The summed E-state index contributed by atoms with van der Waals surface area (Å²) >= 11 is 6.59. The fourth-order valence-electron chi connectivity index (χ4n) is 7.29. The highest BCUT2D eigenvalue weighted by Gasteiger charge is 2.58. The first kappa shape index (κ1) is 40.2. The van der Waals surface area contributed by atoms with Crippen molar-refractivity contribution in [2.24, 2.45) is 13.0 Å². The number of fused-ring (bicyclic) bond motifs is 4. The zero-order valence-corrected chi connectivity index (χ0v) is 32.5. The van der Waals surface area contributed by atoms with E-state index in [-0.39, 0.29) is 50.7 Å². The number of anilines is 1. The van der Waals surface area contributed by atoms with E-state index in [1.165, 1.54) is 43.8 Å². The average Bonchev–Trinajstić information content (AvgIpc) is 3.86. The van der Waals surface area contributed by atoms with Gasteiger partial charge in [-0.3, -0.25) is 18.9 Å². The van der Waals surface area contributed by atoms with Crippen molar-refractivity contribution in [2.45, 2.75) is 50.3 Å². The van der Waals surface area contributed by atoms with Crippen LogP contribution in [0.1, 0.15) is 64.5 Å². The Morgan fingerprint density at radius 3 is 2.43 bits per heavy atom.